The Morgan fingerprint density at radius 2 is 1.68 bits per heavy atom. The zero-order chi connectivity index (χ0) is 18.0. The van der Waals surface area contributed by atoms with Crippen LogP contribution in [-0.4, -0.2) is 38.0 Å². The number of nitrogens with one attached hydrogen (secondary N) is 3. The molecule has 3 N–H and O–H groups in total. The standard InChI is InChI=1S/C18H29FN4O.HI/c1-5-20-17(23-13-12-21-16(24)18(2,3)4)22-11-10-14-6-8-15(19)9-7-14;/h6-9H,5,10-13H2,1-4H3,(H,21,24)(H2,20,22,23);1H. The van der Waals surface area contributed by atoms with Crippen LogP contribution in [0.4, 0.5) is 4.39 Å². The van der Waals surface area contributed by atoms with Crippen molar-refractivity contribution in [3.05, 3.63) is 35.6 Å². The van der Waals surface area contributed by atoms with E-state index in [1.165, 1.54) is 12.1 Å². The molecule has 142 valence electrons. The third kappa shape index (κ3) is 10.3. The van der Waals surface area contributed by atoms with Crippen LogP contribution in [0.15, 0.2) is 29.3 Å². The Morgan fingerprint density at radius 1 is 1.08 bits per heavy atom. The first kappa shape index (κ1) is 23.6. The summed E-state index contributed by atoms with van der Waals surface area (Å²) in [5.74, 6) is 0.515. The van der Waals surface area contributed by atoms with Gasteiger partial charge in [-0.3, -0.25) is 9.79 Å². The molecule has 1 amide bonds. The van der Waals surface area contributed by atoms with Crippen LogP contribution in [0.5, 0.6) is 0 Å². The molecule has 7 heteroatoms. The van der Waals surface area contributed by atoms with Crippen LogP contribution in [0.2, 0.25) is 0 Å². The van der Waals surface area contributed by atoms with E-state index in [9.17, 15) is 9.18 Å². The molecule has 0 unspecified atom stereocenters. The maximum absolute atomic E-state index is 12.9. The summed E-state index contributed by atoms with van der Waals surface area (Å²) in [6.07, 6.45) is 0.748. The Balaban J connectivity index is 0.00000576. The van der Waals surface area contributed by atoms with Gasteiger partial charge in [0, 0.05) is 31.6 Å². The number of amides is 1. The lowest BCUT2D eigenvalue weighted by Crippen LogP contribution is -2.43. The number of hydrogen-bond acceptors (Lipinski definition) is 2. The Kier molecular flexibility index (Phi) is 11.4. The minimum absolute atomic E-state index is 0. The third-order valence-corrected chi connectivity index (χ3v) is 3.31. The fraction of sp³-hybridized carbons (Fsp3) is 0.556. The molecule has 25 heavy (non-hydrogen) atoms. The fourth-order valence-electron chi connectivity index (χ4n) is 1.91. The van der Waals surface area contributed by atoms with Crippen molar-refractivity contribution in [3.63, 3.8) is 0 Å². The summed E-state index contributed by atoms with van der Waals surface area (Å²) < 4.78 is 12.9. The maximum atomic E-state index is 12.9. The van der Waals surface area contributed by atoms with Gasteiger partial charge in [-0.2, -0.15) is 0 Å². The lowest BCUT2D eigenvalue weighted by molar-refractivity contribution is -0.128. The van der Waals surface area contributed by atoms with Crippen molar-refractivity contribution in [2.24, 2.45) is 10.4 Å². The number of halogens is 2. The van der Waals surface area contributed by atoms with Gasteiger partial charge in [-0.05, 0) is 31.0 Å². The monoisotopic (exact) mass is 464 g/mol. The van der Waals surface area contributed by atoms with E-state index in [1.54, 1.807) is 12.1 Å². The molecule has 0 saturated heterocycles. The first-order valence-electron chi connectivity index (χ1n) is 8.38. The molecular weight excluding hydrogens is 434 g/mol. The fourth-order valence-corrected chi connectivity index (χ4v) is 1.91. The lowest BCUT2D eigenvalue weighted by atomic mass is 9.96. The van der Waals surface area contributed by atoms with E-state index in [2.05, 4.69) is 20.9 Å². The number of carbonyl (C=O) groups excluding carboxylic acids is 1. The van der Waals surface area contributed by atoms with Crippen LogP contribution < -0.4 is 16.0 Å². The average molecular weight is 464 g/mol. The quantitative estimate of drug-likeness (QED) is 0.252. The number of aliphatic imine (C=N–C) groups is 1. The molecule has 0 spiro atoms. The predicted molar refractivity (Wildman–Crippen MR) is 112 cm³/mol. The molecule has 1 rings (SSSR count). The van der Waals surface area contributed by atoms with Gasteiger partial charge in [0.2, 0.25) is 5.91 Å². The lowest BCUT2D eigenvalue weighted by Gasteiger charge is -2.18. The molecule has 0 aliphatic rings. The molecule has 5 nitrogen and oxygen atoms in total. The molecule has 0 aliphatic carbocycles. The van der Waals surface area contributed by atoms with E-state index in [0.717, 1.165) is 18.5 Å². The minimum atomic E-state index is -0.381. The second-order valence-electron chi connectivity index (χ2n) is 6.57. The molecule has 0 bridgehead atoms. The Labute approximate surface area is 167 Å². The molecule has 0 aliphatic heterocycles. The Morgan fingerprint density at radius 3 is 2.24 bits per heavy atom. The zero-order valence-electron chi connectivity index (χ0n) is 15.5. The van der Waals surface area contributed by atoms with Crippen molar-refractivity contribution in [2.45, 2.75) is 34.1 Å². The number of hydrogen-bond donors (Lipinski definition) is 3. The summed E-state index contributed by atoms with van der Waals surface area (Å²) in [5, 5.41) is 9.24. The molecule has 0 radical (unpaired) electrons. The number of rotatable bonds is 7. The Hall–Kier alpha value is -1.38. The SMILES string of the molecule is CCNC(=NCCc1ccc(F)cc1)NCCNC(=O)C(C)(C)C.I. The van der Waals surface area contributed by atoms with Crippen molar-refractivity contribution >= 4 is 35.8 Å². The highest BCUT2D eigenvalue weighted by atomic mass is 127. The minimum Gasteiger partial charge on any atom is -0.357 e. The van der Waals surface area contributed by atoms with Crippen LogP contribution in [0.1, 0.15) is 33.3 Å². The van der Waals surface area contributed by atoms with Crippen LogP contribution >= 0.6 is 24.0 Å². The van der Waals surface area contributed by atoms with Crippen molar-refractivity contribution < 1.29 is 9.18 Å². The van der Waals surface area contributed by atoms with E-state index in [1.807, 2.05) is 27.7 Å². The van der Waals surface area contributed by atoms with Gasteiger partial charge >= 0.3 is 0 Å². The number of guanidine groups is 1. The van der Waals surface area contributed by atoms with E-state index in [-0.39, 0.29) is 41.1 Å². The van der Waals surface area contributed by atoms with Gasteiger partial charge in [-0.15, -0.1) is 24.0 Å². The number of benzene rings is 1. The molecule has 0 aromatic heterocycles. The molecule has 0 atom stereocenters. The van der Waals surface area contributed by atoms with Crippen LogP contribution in [0.25, 0.3) is 0 Å². The second kappa shape index (κ2) is 12.1. The summed E-state index contributed by atoms with van der Waals surface area (Å²) in [6.45, 7) is 10.2. The van der Waals surface area contributed by atoms with E-state index in [0.29, 0.717) is 25.6 Å². The first-order valence-corrected chi connectivity index (χ1v) is 8.38. The normalized spacial score (nSPS) is 11.5. The maximum Gasteiger partial charge on any atom is 0.225 e. The predicted octanol–water partition coefficient (Wildman–Crippen LogP) is 2.70. The smallest absolute Gasteiger partial charge is 0.225 e. The summed E-state index contributed by atoms with van der Waals surface area (Å²) >= 11 is 0. The Bertz CT molecular complexity index is 541. The van der Waals surface area contributed by atoms with Crippen molar-refractivity contribution in [1.29, 1.82) is 0 Å². The van der Waals surface area contributed by atoms with Gasteiger partial charge in [0.1, 0.15) is 5.82 Å². The van der Waals surface area contributed by atoms with Gasteiger partial charge < -0.3 is 16.0 Å². The van der Waals surface area contributed by atoms with Gasteiger partial charge in [0.05, 0.1) is 0 Å². The van der Waals surface area contributed by atoms with Crippen LogP contribution in [0, 0.1) is 11.2 Å². The van der Waals surface area contributed by atoms with E-state index < -0.39 is 0 Å². The second-order valence-corrected chi connectivity index (χ2v) is 6.57. The summed E-state index contributed by atoms with van der Waals surface area (Å²) in [5.41, 5.74) is 0.668. The highest BCUT2D eigenvalue weighted by Gasteiger charge is 2.20. The molecule has 0 heterocycles. The summed E-state index contributed by atoms with van der Waals surface area (Å²) in [4.78, 5) is 16.3. The molecular formula is C18H30FIN4O. The van der Waals surface area contributed by atoms with Gasteiger partial charge in [0.15, 0.2) is 5.96 Å². The summed E-state index contributed by atoms with van der Waals surface area (Å²) in [7, 11) is 0. The largest absolute Gasteiger partial charge is 0.357 e. The molecule has 0 fully saturated rings. The summed E-state index contributed by atoms with van der Waals surface area (Å²) in [6, 6.07) is 6.46. The van der Waals surface area contributed by atoms with Gasteiger partial charge in [-0.25, -0.2) is 4.39 Å². The van der Waals surface area contributed by atoms with Crippen molar-refractivity contribution in [2.75, 3.05) is 26.2 Å². The molecule has 0 saturated carbocycles. The van der Waals surface area contributed by atoms with Crippen molar-refractivity contribution in [3.8, 4) is 0 Å². The highest BCUT2D eigenvalue weighted by molar-refractivity contribution is 14.0. The van der Waals surface area contributed by atoms with E-state index in [4.69, 9.17) is 0 Å². The number of carbonyl (C=O) groups is 1. The third-order valence-electron chi connectivity index (χ3n) is 3.31. The number of nitrogens with zero attached hydrogens (tertiary/aromatic N) is 1. The highest BCUT2D eigenvalue weighted by Crippen LogP contribution is 2.11. The molecule has 1 aromatic carbocycles. The molecule has 1 aromatic rings. The van der Waals surface area contributed by atoms with E-state index >= 15 is 0 Å². The van der Waals surface area contributed by atoms with Gasteiger partial charge in [-0.1, -0.05) is 32.9 Å². The zero-order valence-corrected chi connectivity index (χ0v) is 17.8. The van der Waals surface area contributed by atoms with Crippen molar-refractivity contribution in [1.82, 2.24) is 16.0 Å². The first-order chi connectivity index (χ1) is 11.3. The van der Waals surface area contributed by atoms with Crippen LogP contribution in [0.3, 0.4) is 0 Å². The average Bonchev–Trinajstić information content (AvgIpc) is 2.52. The topological polar surface area (TPSA) is 65.5 Å². The van der Waals surface area contributed by atoms with Crippen LogP contribution in [-0.2, 0) is 11.2 Å². The van der Waals surface area contributed by atoms with Gasteiger partial charge in [0.25, 0.3) is 0 Å².